The van der Waals surface area contributed by atoms with Crippen molar-refractivity contribution in [2.45, 2.75) is 38.1 Å². The highest BCUT2D eigenvalue weighted by Crippen LogP contribution is 2.37. The Bertz CT molecular complexity index is 553. The summed E-state index contributed by atoms with van der Waals surface area (Å²) in [7, 11) is 1.33. The molecule has 0 spiro atoms. The monoisotopic (exact) mass is 304 g/mol. The second-order valence-electron chi connectivity index (χ2n) is 5.37. The summed E-state index contributed by atoms with van der Waals surface area (Å²) < 4.78 is 44.2. The Hall–Kier alpha value is -1.64. The number of fused-ring (bicyclic) bond motifs is 1. The van der Waals surface area contributed by atoms with Gasteiger partial charge < -0.3 is 9.30 Å². The zero-order chi connectivity index (χ0) is 15.2. The summed E-state index contributed by atoms with van der Waals surface area (Å²) in [5.41, 5.74) is 0. The van der Waals surface area contributed by atoms with Crippen molar-refractivity contribution < 1.29 is 22.7 Å². The number of carbonyl (C=O) groups excluding carboxylic acids is 1. The van der Waals surface area contributed by atoms with Crippen LogP contribution in [0.2, 0.25) is 0 Å². The second kappa shape index (κ2) is 4.97. The molecular formula is C12H15F3N4O2. The van der Waals surface area contributed by atoms with Crippen molar-refractivity contribution in [2.24, 2.45) is 5.92 Å². The van der Waals surface area contributed by atoms with Gasteiger partial charge in [-0.25, -0.2) is 0 Å². The summed E-state index contributed by atoms with van der Waals surface area (Å²) in [6.45, 7) is 0.654. The quantitative estimate of drug-likeness (QED) is 0.782. The lowest BCUT2D eigenvalue weighted by Crippen LogP contribution is -2.47. The molecule has 1 aliphatic heterocycles. The summed E-state index contributed by atoms with van der Waals surface area (Å²) in [5, 5.41) is 6.85. The maximum atomic E-state index is 12.8. The molecular weight excluding hydrogens is 289 g/mol. The second-order valence-corrected chi connectivity index (χ2v) is 5.37. The SMILES string of the molecule is COC(=O)C(C1CC1)N1CCn2c(nnc2C(F)(F)F)C1. The van der Waals surface area contributed by atoms with E-state index in [9.17, 15) is 18.0 Å². The number of nitrogens with zero attached hydrogens (tertiary/aromatic N) is 4. The van der Waals surface area contributed by atoms with Crippen LogP contribution in [0.25, 0.3) is 0 Å². The van der Waals surface area contributed by atoms with Gasteiger partial charge in [0.1, 0.15) is 11.9 Å². The minimum Gasteiger partial charge on any atom is -0.468 e. The van der Waals surface area contributed by atoms with Crippen molar-refractivity contribution in [3.8, 4) is 0 Å². The van der Waals surface area contributed by atoms with Gasteiger partial charge in [-0.05, 0) is 18.8 Å². The number of alkyl halides is 3. The van der Waals surface area contributed by atoms with Gasteiger partial charge in [-0.2, -0.15) is 13.2 Å². The summed E-state index contributed by atoms with van der Waals surface area (Å²) in [6.07, 6.45) is -2.63. The molecule has 1 aliphatic carbocycles. The smallest absolute Gasteiger partial charge is 0.451 e. The van der Waals surface area contributed by atoms with Crippen LogP contribution in [0.4, 0.5) is 13.2 Å². The first-order chi connectivity index (χ1) is 9.91. The summed E-state index contributed by atoms with van der Waals surface area (Å²) in [4.78, 5) is 13.7. The van der Waals surface area contributed by atoms with Crippen molar-refractivity contribution in [3.05, 3.63) is 11.6 Å². The molecule has 0 radical (unpaired) electrons. The topological polar surface area (TPSA) is 60.2 Å². The largest absolute Gasteiger partial charge is 0.468 e. The van der Waals surface area contributed by atoms with E-state index < -0.39 is 18.0 Å². The van der Waals surface area contributed by atoms with E-state index in [2.05, 4.69) is 10.2 Å². The predicted octanol–water partition coefficient (Wildman–Crippen LogP) is 1.06. The van der Waals surface area contributed by atoms with Gasteiger partial charge in [0.2, 0.25) is 5.82 Å². The molecule has 116 valence electrons. The van der Waals surface area contributed by atoms with E-state index in [-0.39, 0.29) is 30.8 Å². The number of methoxy groups -OCH3 is 1. The highest BCUT2D eigenvalue weighted by Gasteiger charge is 2.44. The van der Waals surface area contributed by atoms with Crippen LogP contribution < -0.4 is 0 Å². The standard InChI is InChI=1S/C12H15F3N4O2/c1-21-10(20)9(7-2-3-7)18-4-5-19-8(6-18)16-17-11(19)12(13,14)15/h7,9H,2-6H2,1H3. The minimum absolute atomic E-state index is 0.122. The van der Waals surface area contributed by atoms with Gasteiger partial charge in [-0.3, -0.25) is 9.69 Å². The van der Waals surface area contributed by atoms with Gasteiger partial charge >= 0.3 is 12.1 Å². The van der Waals surface area contributed by atoms with Gasteiger partial charge in [-0.15, -0.1) is 10.2 Å². The lowest BCUT2D eigenvalue weighted by molar-refractivity contribution is -0.151. The van der Waals surface area contributed by atoms with Crippen LogP contribution in [-0.4, -0.2) is 45.3 Å². The van der Waals surface area contributed by atoms with Crippen LogP contribution in [0.3, 0.4) is 0 Å². The third-order valence-corrected chi connectivity index (χ3v) is 3.94. The molecule has 2 aliphatic rings. The number of aromatic nitrogens is 3. The molecule has 0 saturated heterocycles. The van der Waals surface area contributed by atoms with Crippen molar-refractivity contribution in [2.75, 3.05) is 13.7 Å². The van der Waals surface area contributed by atoms with Crippen LogP contribution in [0.5, 0.6) is 0 Å². The molecule has 1 unspecified atom stereocenters. The molecule has 0 aromatic carbocycles. The van der Waals surface area contributed by atoms with E-state index in [0.29, 0.717) is 6.54 Å². The number of esters is 1. The van der Waals surface area contributed by atoms with Crippen LogP contribution >= 0.6 is 0 Å². The Morgan fingerprint density at radius 3 is 2.62 bits per heavy atom. The van der Waals surface area contributed by atoms with E-state index in [1.165, 1.54) is 7.11 Å². The number of ether oxygens (including phenoxy) is 1. The van der Waals surface area contributed by atoms with E-state index in [1.807, 2.05) is 4.90 Å². The summed E-state index contributed by atoms with van der Waals surface area (Å²) >= 11 is 0. The molecule has 0 N–H and O–H groups in total. The fourth-order valence-electron chi connectivity index (χ4n) is 2.80. The average molecular weight is 304 g/mol. The Morgan fingerprint density at radius 2 is 2.05 bits per heavy atom. The number of hydrogen-bond donors (Lipinski definition) is 0. The average Bonchev–Trinajstić information content (AvgIpc) is 3.15. The maximum absolute atomic E-state index is 12.8. The maximum Gasteiger partial charge on any atom is 0.451 e. The molecule has 9 heteroatoms. The lowest BCUT2D eigenvalue weighted by atomic mass is 10.1. The third-order valence-electron chi connectivity index (χ3n) is 3.94. The van der Waals surface area contributed by atoms with Gasteiger partial charge in [0.05, 0.1) is 13.7 Å². The zero-order valence-electron chi connectivity index (χ0n) is 11.4. The molecule has 1 aromatic heterocycles. The lowest BCUT2D eigenvalue weighted by Gasteiger charge is -2.33. The Labute approximate surface area is 118 Å². The van der Waals surface area contributed by atoms with Crippen molar-refractivity contribution in [3.63, 3.8) is 0 Å². The number of hydrogen-bond acceptors (Lipinski definition) is 5. The predicted molar refractivity (Wildman–Crippen MR) is 64.0 cm³/mol. The number of halogens is 3. The third kappa shape index (κ3) is 2.61. The minimum atomic E-state index is -4.51. The summed E-state index contributed by atoms with van der Waals surface area (Å²) in [6, 6.07) is -0.394. The Kier molecular flexibility index (Phi) is 3.39. The Morgan fingerprint density at radius 1 is 1.33 bits per heavy atom. The molecule has 0 amide bonds. The van der Waals surface area contributed by atoms with Crippen LogP contribution in [0.15, 0.2) is 0 Å². The first-order valence-electron chi connectivity index (χ1n) is 6.73. The molecule has 1 atom stereocenters. The van der Waals surface area contributed by atoms with Crippen molar-refractivity contribution in [1.82, 2.24) is 19.7 Å². The van der Waals surface area contributed by atoms with Crippen LogP contribution in [0.1, 0.15) is 24.5 Å². The first kappa shape index (κ1) is 14.3. The molecule has 3 rings (SSSR count). The van der Waals surface area contributed by atoms with Gasteiger partial charge in [0, 0.05) is 13.1 Å². The normalized spacial score (nSPS) is 21.0. The number of rotatable bonds is 3. The van der Waals surface area contributed by atoms with E-state index in [0.717, 1.165) is 17.4 Å². The fraction of sp³-hybridized carbons (Fsp3) is 0.750. The number of carbonyl (C=O) groups is 1. The highest BCUT2D eigenvalue weighted by molar-refractivity contribution is 5.76. The van der Waals surface area contributed by atoms with Gasteiger partial charge in [0.25, 0.3) is 0 Å². The van der Waals surface area contributed by atoms with Crippen molar-refractivity contribution >= 4 is 5.97 Å². The first-order valence-corrected chi connectivity index (χ1v) is 6.73. The van der Waals surface area contributed by atoms with Crippen LogP contribution in [0, 0.1) is 5.92 Å². The van der Waals surface area contributed by atoms with Crippen LogP contribution in [-0.2, 0) is 28.8 Å². The van der Waals surface area contributed by atoms with Gasteiger partial charge in [0.15, 0.2) is 0 Å². The molecule has 1 saturated carbocycles. The molecule has 6 nitrogen and oxygen atoms in total. The molecule has 0 bridgehead atoms. The molecule has 21 heavy (non-hydrogen) atoms. The van der Waals surface area contributed by atoms with E-state index in [1.54, 1.807) is 0 Å². The fourth-order valence-corrected chi connectivity index (χ4v) is 2.80. The highest BCUT2D eigenvalue weighted by atomic mass is 19.4. The van der Waals surface area contributed by atoms with Gasteiger partial charge in [-0.1, -0.05) is 0 Å². The molecule has 1 aromatic rings. The Balaban J connectivity index is 1.81. The van der Waals surface area contributed by atoms with E-state index >= 15 is 0 Å². The van der Waals surface area contributed by atoms with Crippen molar-refractivity contribution in [1.29, 1.82) is 0 Å². The molecule has 2 heterocycles. The van der Waals surface area contributed by atoms with E-state index in [4.69, 9.17) is 4.74 Å². The summed E-state index contributed by atoms with van der Waals surface area (Å²) in [5.74, 6) is -0.836. The zero-order valence-corrected chi connectivity index (χ0v) is 11.4. The molecule has 1 fully saturated rings.